The minimum Gasteiger partial charge on any atom is -0.467 e. The van der Waals surface area contributed by atoms with Crippen LogP contribution >= 0.6 is 11.3 Å². The molecule has 8 nitrogen and oxygen atoms in total. The molecule has 0 radical (unpaired) electrons. The third-order valence-electron chi connectivity index (χ3n) is 6.51. The number of pyridine rings is 1. The predicted molar refractivity (Wildman–Crippen MR) is 136 cm³/mol. The van der Waals surface area contributed by atoms with Gasteiger partial charge in [-0.3, -0.25) is 9.69 Å². The minimum absolute atomic E-state index is 0.0626. The molecule has 5 aromatic rings. The Balaban J connectivity index is 1.52. The van der Waals surface area contributed by atoms with E-state index < -0.39 is 0 Å². The van der Waals surface area contributed by atoms with Crippen molar-refractivity contribution in [3.63, 3.8) is 0 Å². The molecule has 0 saturated heterocycles. The molecule has 4 heterocycles. The molecule has 0 bridgehead atoms. The number of H-pyrrole nitrogens is 1. The Morgan fingerprint density at radius 2 is 2.06 bits per heavy atom. The number of hydrogen-bond donors (Lipinski definition) is 1. The quantitative estimate of drug-likeness (QED) is 0.314. The van der Waals surface area contributed by atoms with Crippen LogP contribution in [0.15, 0.2) is 63.3 Å². The van der Waals surface area contributed by atoms with Crippen LogP contribution in [0.1, 0.15) is 52.5 Å². The molecule has 0 aliphatic rings. The van der Waals surface area contributed by atoms with Crippen LogP contribution in [0.3, 0.4) is 0 Å². The van der Waals surface area contributed by atoms with Gasteiger partial charge in [0.05, 0.1) is 17.8 Å². The van der Waals surface area contributed by atoms with E-state index in [4.69, 9.17) is 4.42 Å². The van der Waals surface area contributed by atoms with Crippen LogP contribution in [0.5, 0.6) is 0 Å². The van der Waals surface area contributed by atoms with Crippen LogP contribution in [0.2, 0.25) is 0 Å². The van der Waals surface area contributed by atoms with E-state index in [1.165, 1.54) is 4.88 Å². The average Bonchev–Trinajstić information content (AvgIpc) is 3.63. The van der Waals surface area contributed by atoms with Gasteiger partial charge in [-0.1, -0.05) is 25.1 Å². The Kier molecular flexibility index (Phi) is 6.61. The second-order valence-electron chi connectivity index (χ2n) is 8.78. The van der Waals surface area contributed by atoms with Crippen molar-refractivity contribution in [3.8, 4) is 0 Å². The molecular weight excluding hydrogens is 460 g/mol. The number of nitrogens with zero attached hydrogens (tertiary/aromatic N) is 5. The molecule has 180 valence electrons. The molecule has 0 fully saturated rings. The predicted octanol–water partition coefficient (Wildman–Crippen LogP) is 4.99. The highest BCUT2D eigenvalue weighted by molar-refractivity contribution is 7.09. The van der Waals surface area contributed by atoms with Crippen LogP contribution in [0, 0.1) is 13.8 Å². The number of hydrogen-bond acceptors (Lipinski definition) is 7. The van der Waals surface area contributed by atoms with Gasteiger partial charge >= 0.3 is 0 Å². The summed E-state index contributed by atoms with van der Waals surface area (Å²) in [5.74, 6) is 1.54. The van der Waals surface area contributed by atoms with E-state index >= 15 is 0 Å². The number of aromatic amines is 1. The van der Waals surface area contributed by atoms with E-state index in [1.54, 1.807) is 22.3 Å². The molecule has 0 amide bonds. The number of benzene rings is 1. The molecule has 0 aliphatic heterocycles. The summed E-state index contributed by atoms with van der Waals surface area (Å²) >= 11 is 1.70. The molecule has 4 aromatic heterocycles. The maximum Gasteiger partial charge on any atom is 0.252 e. The number of fused-ring (bicyclic) bond motifs is 1. The number of furan rings is 1. The molecule has 0 spiro atoms. The second-order valence-corrected chi connectivity index (χ2v) is 9.81. The fourth-order valence-electron chi connectivity index (χ4n) is 4.50. The first-order valence-corrected chi connectivity index (χ1v) is 12.6. The Morgan fingerprint density at radius 1 is 1.17 bits per heavy atom. The molecular formula is C26H28N6O2S. The van der Waals surface area contributed by atoms with Crippen molar-refractivity contribution in [3.05, 3.63) is 97.6 Å². The smallest absolute Gasteiger partial charge is 0.252 e. The van der Waals surface area contributed by atoms with Crippen LogP contribution in [-0.4, -0.2) is 30.1 Å². The van der Waals surface area contributed by atoms with Crippen molar-refractivity contribution in [2.45, 2.75) is 52.9 Å². The Bertz CT molecular complexity index is 1470. The normalized spacial score (nSPS) is 12.6. The molecule has 0 saturated carbocycles. The molecule has 9 heteroatoms. The summed E-state index contributed by atoms with van der Waals surface area (Å²) in [6.07, 6.45) is 2.43. The summed E-state index contributed by atoms with van der Waals surface area (Å²) in [5, 5.41) is 15.7. The van der Waals surface area contributed by atoms with Crippen molar-refractivity contribution in [2.24, 2.45) is 0 Å². The van der Waals surface area contributed by atoms with Gasteiger partial charge in [-0.15, -0.1) is 16.4 Å². The van der Waals surface area contributed by atoms with Gasteiger partial charge in [0.15, 0.2) is 5.82 Å². The Labute approximate surface area is 207 Å². The SMILES string of the molecule is CC[C@H](c1nnnn1Cc1ccco1)N(Cc1cccs1)Cc1cc2ccc(C)c(C)c2[nH]c1=O. The van der Waals surface area contributed by atoms with Crippen molar-refractivity contribution < 1.29 is 4.42 Å². The molecule has 1 N–H and O–H groups in total. The molecule has 35 heavy (non-hydrogen) atoms. The van der Waals surface area contributed by atoms with E-state index in [-0.39, 0.29) is 11.6 Å². The monoisotopic (exact) mass is 488 g/mol. The van der Waals surface area contributed by atoms with E-state index in [9.17, 15) is 4.79 Å². The first-order valence-electron chi connectivity index (χ1n) is 11.7. The van der Waals surface area contributed by atoms with Crippen molar-refractivity contribution in [1.82, 2.24) is 30.1 Å². The third-order valence-corrected chi connectivity index (χ3v) is 7.37. The van der Waals surface area contributed by atoms with Crippen LogP contribution in [0.4, 0.5) is 0 Å². The number of tetrazole rings is 1. The highest BCUT2D eigenvalue weighted by Crippen LogP contribution is 2.28. The maximum absolute atomic E-state index is 13.2. The van der Waals surface area contributed by atoms with E-state index in [1.807, 2.05) is 31.2 Å². The fraction of sp³-hybridized carbons (Fsp3) is 0.308. The zero-order valence-corrected chi connectivity index (χ0v) is 20.9. The molecule has 1 aromatic carbocycles. The zero-order valence-electron chi connectivity index (χ0n) is 20.1. The summed E-state index contributed by atoms with van der Waals surface area (Å²) in [5.41, 5.74) is 3.83. The number of aryl methyl sites for hydroxylation is 2. The van der Waals surface area contributed by atoms with Gasteiger partial charge in [0.1, 0.15) is 12.3 Å². The number of nitrogens with one attached hydrogen (secondary N) is 1. The lowest BCUT2D eigenvalue weighted by molar-refractivity contribution is 0.162. The second kappa shape index (κ2) is 9.97. The van der Waals surface area contributed by atoms with Gasteiger partial charge in [0.25, 0.3) is 5.56 Å². The van der Waals surface area contributed by atoms with Gasteiger partial charge in [-0.2, -0.15) is 0 Å². The first-order chi connectivity index (χ1) is 17.0. The summed E-state index contributed by atoms with van der Waals surface area (Å²) in [4.78, 5) is 19.8. The van der Waals surface area contributed by atoms with Crippen LogP contribution in [0.25, 0.3) is 10.9 Å². The topological polar surface area (TPSA) is 92.8 Å². The number of rotatable bonds is 9. The van der Waals surface area contributed by atoms with Gasteiger partial charge in [-0.25, -0.2) is 4.68 Å². The van der Waals surface area contributed by atoms with E-state index in [2.05, 4.69) is 62.8 Å². The van der Waals surface area contributed by atoms with Crippen LogP contribution < -0.4 is 5.56 Å². The van der Waals surface area contributed by atoms with Gasteiger partial charge in [-0.05, 0) is 76.9 Å². The highest BCUT2D eigenvalue weighted by Gasteiger charge is 2.26. The van der Waals surface area contributed by atoms with Gasteiger partial charge < -0.3 is 9.40 Å². The van der Waals surface area contributed by atoms with Crippen molar-refractivity contribution in [1.29, 1.82) is 0 Å². The fourth-order valence-corrected chi connectivity index (χ4v) is 5.23. The van der Waals surface area contributed by atoms with Crippen molar-refractivity contribution >= 4 is 22.2 Å². The third kappa shape index (κ3) is 4.82. The number of aromatic nitrogens is 5. The van der Waals surface area contributed by atoms with Gasteiger partial charge in [0, 0.05) is 23.5 Å². The Morgan fingerprint density at radius 3 is 2.80 bits per heavy atom. The lowest BCUT2D eigenvalue weighted by atomic mass is 10.0. The minimum atomic E-state index is -0.0862. The lowest BCUT2D eigenvalue weighted by Gasteiger charge is -2.29. The molecule has 0 aliphatic carbocycles. The number of thiophene rings is 1. The summed E-state index contributed by atoms with van der Waals surface area (Å²) in [6.45, 7) is 7.84. The van der Waals surface area contributed by atoms with E-state index in [0.717, 1.165) is 45.6 Å². The summed E-state index contributed by atoms with van der Waals surface area (Å²) < 4.78 is 7.30. The lowest BCUT2D eigenvalue weighted by Crippen LogP contribution is -2.32. The molecule has 5 rings (SSSR count). The zero-order chi connectivity index (χ0) is 24.4. The highest BCUT2D eigenvalue weighted by atomic mass is 32.1. The van der Waals surface area contributed by atoms with E-state index in [0.29, 0.717) is 19.6 Å². The van der Waals surface area contributed by atoms with Crippen LogP contribution in [-0.2, 0) is 19.6 Å². The summed E-state index contributed by atoms with van der Waals surface area (Å²) in [6, 6.07) is 14.0. The Hall–Kier alpha value is -3.56. The largest absolute Gasteiger partial charge is 0.467 e. The van der Waals surface area contributed by atoms with Crippen molar-refractivity contribution in [2.75, 3.05) is 0 Å². The first kappa shape index (κ1) is 23.2. The maximum atomic E-state index is 13.2. The summed E-state index contributed by atoms with van der Waals surface area (Å²) in [7, 11) is 0. The standard InChI is InChI=1S/C26H28N6O2S/c1-4-23(25-28-29-30-32(25)15-21-7-5-11-34-21)31(16-22-8-6-12-35-22)14-20-13-19-10-9-17(2)18(3)24(19)27-26(20)33/h5-13,23H,4,14-16H2,1-3H3,(H,27,33)/t23-/m1/s1. The molecule has 0 unspecified atom stereocenters. The molecule has 1 atom stereocenters. The van der Waals surface area contributed by atoms with Gasteiger partial charge in [0.2, 0.25) is 0 Å². The average molecular weight is 489 g/mol.